The first kappa shape index (κ1) is 12.9. The highest BCUT2D eigenvalue weighted by molar-refractivity contribution is 5.76. The van der Waals surface area contributed by atoms with Gasteiger partial charge in [0.05, 0.1) is 0 Å². The Labute approximate surface area is 105 Å². The molecule has 2 fully saturated rings. The van der Waals surface area contributed by atoms with Crippen LogP contribution in [0, 0.1) is 5.92 Å². The first-order valence-electron chi connectivity index (χ1n) is 7.26. The summed E-state index contributed by atoms with van der Waals surface area (Å²) in [6, 6.07) is 0. The summed E-state index contributed by atoms with van der Waals surface area (Å²) >= 11 is 0. The minimum atomic E-state index is 0.378. The van der Waals surface area contributed by atoms with Crippen LogP contribution in [-0.4, -0.2) is 48.4 Å². The number of carbonyl (C=O) groups is 1. The molecule has 0 N–H and O–H groups in total. The highest BCUT2D eigenvalue weighted by Crippen LogP contribution is 2.16. The van der Waals surface area contributed by atoms with Gasteiger partial charge in [0.25, 0.3) is 0 Å². The van der Waals surface area contributed by atoms with Crippen LogP contribution in [0.4, 0.5) is 0 Å². The van der Waals surface area contributed by atoms with Crippen molar-refractivity contribution in [2.45, 2.75) is 45.4 Å². The monoisotopic (exact) mass is 238 g/mol. The third-order valence-electron chi connectivity index (χ3n) is 4.23. The number of nitrogens with zero attached hydrogens (tertiary/aromatic N) is 2. The molecule has 0 aromatic rings. The van der Waals surface area contributed by atoms with Crippen molar-refractivity contribution >= 4 is 5.91 Å². The van der Waals surface area contributed by atoms with Gasteiger partial charge in [-0.2, -0.15) is 0 Å². The molecular weight excluding hydrogens is 212 g/mol. The molecule has 3 heteroatoms. The Balaban J connectivity index is 1.65. The fourth-order valence-electron chi connectivity index (χ4n) is 2.84. The van der Waals surface area contributed by atoms with Gasteiger partial charge in [0.2, 0.25) is 5.91 Å². The van der Waals surface area contributed by atoms with Crippen LogP contribution in [-0.2, 0) is 4.79 Å². The van der Waals surface area contributed by atoms with Gasteiger partial charge in [0, 0.05) is 26.1 Å². The van der Waals surface area contributed by atoms with E-state index in [2.05, 4.69) is 16.7 Å². The molecule has 2 aliphatic heterocycles. The zero-order chi connectivity index (χ0) is 12.1. The van der Waals surface area contributed by atoms with Crippen molar-refractivity contribution in [3.8, 4) is 0 Å². The molecule has 98 valence electrons. The molecule has 0 spiro atoms. The maximum Gasteiger partial charge on any atom is 0.223 e. The lowest BCUT2D eigenvalue weighted by molar-refractivity contribution is -0.132. The predicted octanol–water partition coefficient (Wildman–Crippen LogP) is 2.12. The Morgan fingerprint density at radius 1 is 1.06 bits per heavy atom. The Morgan fingerprint density at radius 3 is 2.35 bits per heavy atom. The van der Waals surface area contributed by atoms with Crippen molar-refractivity contribution in [1.82, 2.24) is 9.80 Å². The molecule has 17 heavy (non-hydrogen) atoms. The van der Waals surface area contributed by atoms with Crippen LogP contribution in [0.2, 0.25) is 0 Å². The summed E-state index contributed by atoms with van der Waals surface area (Å²) in [6.45, 7) is 7.67. The third kappa shape index (κ3) is 3.98. The summed E-state index contributed by atoms with van der Waals surface area (Å²) in [5, 5.41) is 0. The second-order valence-electron chi connectivity index (χ2n) is 5.72. The molecule has 2 rings (SSSR count). The summed E-state index contributed by atoms with van der Waals surface area (Å²) < 4.78 is 0. The number of likely N-dealkylation sites (tertiary alicyclic amines) is 2. The highest BCUT2D eigenvalue weighted by Gasteiger charge is 2.19. The van der Waals surface area contributed by atoms with E-state index in [0.717, 1.165) is 32.0 Å². The Hall–Kier alpha value is -0.570. The van der Waals surface area contributed by atoms with Crippen molar-refractivity contribution in [3.05, 3.63) is 0 Å². The molecule has 0 unspecified atom stereocenters. The minimum Gasteiger partial charge on any atom is -0.343 e. The standard InChI is InChI=1S/C14H26N2O/c1-13-5-10-15(11-6-13)12-7-14(17)16-8-3-2-4-9-16/h13H,2-12H2,1H3. The minimum absolute atomic E-state index is 0.378. The van der Waals surface area contributed by atoms with Crippen LogP contribution >= 0.6 is 0 Å². The van der Waals surface area contributed by atoms with Crippen LogP contribution in [0.25, 0.3) is 0 Å². The molecule has 0 radical (unpaired) electrons. The quantitative estimate of drug-likeness (QED) is 0.752. The Kier molecular flexibility index (Phi) is 4.84. The van der Waals surface area contributed by atoms with Gasteiger partial charge in [-0.15, -0.1) is 0 Å². The van der Waals surface area contributed by atoms with Crippen LogP contribution in [0.3, 0.4) is 0 Å². The average Bonchev–Trinajstić information content (AvgIpc) is 2.39. The summed E-state index contributed by atoms with van der Waals surface area (Å²) in [4.78, 5) is 16.5. The number of hydrogen-bond donors (Lipinski definition) is 0. The second-order valence-corrected chi connectivity index (χ2v) is 5.72. The van der Waals surface area contributed by atoms with E-state index in [1.54, 1.807) is 0 Å². The zero-order valence-electron chi connectivity index (χ0n) is 11.2. The van der Waals surface area contributed by atoms with Gasteiger partial charge in [0.15, 0.2) is 0 Å². The summed E-state index contributed by atoms with van der Waals surface area (Å²) in [5.41, 5.74) is 0. The molecule has 2 saturated heterocycles. The summed E-state index contributed by atoms with van der Waals surface area (Å²) in [6.07, 6.45) is 7.04. The average molecular weight is 238 g/mol. The molecule has 0 aromatic carbocycles. The van der Waals surface area contributed by atoms with Crippen LogP contribution < -0.4 is 0 Å². The Morgan fingerprint density at radius 2 is 1.71 bits per heavy atom. The molecule has 2 heterocycles. The highest BCUT2D eigenvalue weighted by atomic mass is 16.2. The SMILES string of the molecule is CC1CCN(CCC(=O)N2CCCCC2)CC1. The number of piperidine rings is 2. The van der Waals surface area contributed by atoms with Gasteiger partial charge in [-0.3, -0.25) is 4.79 Å². The first-order chi connectivity index (χ1) is 8.25. The second kappa shape index (κ2) is 6.39. The number of rotatable bonds is 3. The van der Waals surface area contributed by atoms with E-state index in [9.17, 15) is 4.79 Å². The lowest BCUT2D eigenvalue weighted by atomic mass is 9.99. The van der Waals surface area contributed by atoms with Gasteiger partial charge in [-0.1, -0.05) is 6.92 Å². The van der Waals surface area contributed by atoms with E-state index in [-0.39, 0.29) is 0 Å². The molecule has 0 bridgehead atoms. The fourth-order valence-corrected chi connectivity index (χ4v) is 2.84. The van der Waals surface area contributed by atoms with Gasteiger partial charge in [0.1, 0.15) is 0 Å². The first-order valence-corrected chi connectivity index (χ1v) is 7.26. The smallest absolute Gasteiger partial charge is 0.223 e. The van der Waals surface area contributed by atoms with Crippen molar-refractivity contribution < 1.29 is 4.79 Å². The van der Waals surface area contributed by atoms with Crippen molar-refractivity contribution in [2.75, 3.05) is 32.7 Å². The van der Waals surface area contributed by atoms with E-state index < -0.39 is 0 Å². The molecule has 2 aliphatic rings. The van der Waals surface area contributed by atoms with Crippen molar-refractivity contribution in [3.63, 3.8) is 0 Å². The molecule has 3 nitrogen and oxygen atoms in total. The van der Waals surface area contributed by atoms with Crippen LogP contribution in [0.1, 0.15) is 45.4 Å². The molecule has 0 aromatic heterocycles. The molecule has 0 atom stereocenters. The largest absolute Gasteiger partial charge is 0.343 e. The van der Waals surface area contributed by atoms with Gasteiger partial charge < -0.3 is 9.80 Å². The van der Waals surface area contributed by atoms with E-state index in [4.69, 9.17) is 0 Å². The van der Waals surface area contributed by atoms with Gasteiger partial charge in [-0.05, 0) is 51.1 Å². The van der Waals surface area contributed by atoms with E-state index >= 15 is 0 Å². The summed E-state index contributed by atoms with van der Waals surface area (Å²) in [5.74, 6) is 1.26. The number of hydrogen-bond acceptors (Lipinski definition) is 2. The maximum atomic E-state index is 12.0. The normalized spacial score (nSPS) is 23.9. The molecule has 0 aliphatic carbocycles. The topological polar surface area (TPSA) is 23.6 Å². The Bertz CT molecular complexity index is 241. The van der Waals surface area contributed by atoms with Gasteiger partial charge in [-0.25, -0.2) is 0 Å². The lowest BCUT2D eigenvalue weighted by Crippen LogP contribution is -2.39. The molecule has 1 amide bonds. The zero-order valence-corrected chi connectivity index (χ0v) is 11.2. The molecule has 0 saturated carbocycles. The van der Waals surface area contributed by atoms with Crippen molar-refractivity contribution in [1.29, 1.82) is 0 Å². The van der Waals surface area contributed by atoms with Gasteiger partial charge >= 0.3 is 0 Å². The third-order valence-corrected chi connectivity index (χ3v) is 4.23. The van der Waals surface area contributed by atoms with E-state index in [1.165, 1.54) is 45.2 Å². The fraction of sp³-hybridized carbons (Fsp3) is 0.929. The predicted molar refractivity (Wildman–Crippen MR) is 69.9 cm³/mol. The summed E-state index contributed by atoms with van der Waals surface area (Å²) in [7, 11) is 0. The number of amides is 1. The molecular formula is C14H26N2O. The van der Waals surface area contributed by atoms with Crippen molar-refractivity contribution in [2.24, 2.45) is 5.92 Å². The lowest BCUT2D eigenvalue weighted by Gasteiger charge is -2.31. The van der Waals surface area contributed by atoms with Crippen LogP contribution in [0.5, 0.6) is 0 Å². The maximum absolute atomic E-state index is 12.0. The van der Waals surface area contributed by atoms with Crippen LogP contribution in [0.15, 0.2) is 0 Å². The van der Waals surface area contributed by atoms with E-state index in [1.807, 2.05) is 0 Å². The number of carbonyl (C=O) groups excluding carboxylic acids is 1. The van der Waals surface area contributed by atoms with E-state index in [0.29, 0.717) is 5.91 Å².